The van der Waals surface area contributed by atoms with Crippen LogP contribution in [0.4, 0.5) is 0 Å². The molecule has 0 spiro atoms. The van der Waals surface area contributed by atoms with Crippen molar-refractivity contribution in [3.05, 3.63) is 140 Å². The van der Waals surface area contributed by atoms with Crippen LogP contribution in [0.1, 0.15) is 74.1 Å². The maximum absolute atomic E-state index is 2.51. The Morgan fingerprint density at radius 3 is 1.15 bits per heavy atom. The van der Waals surface area contributed by atoms with Crippen LogP contribution in [0.3, 0.4) is 0 Å². The molecule has 0 aliphatic heterocycles. The Morgan fingerprint density at radius 1 is 0.462 bits per heavy atom. The predicted molar refractivity (Wildman–Crippen MR) is 155 cm³/mol. The van der Waals surface area contributed by atoms with Gasteiger partial charge in [0.1, 0.15) is 0 Å². The van der Waals surface area contributed by atoms with Gasteiger partial charge in [-0.3, -0.25) is 0 Å². The number of fused-ring (bicyclic) bond motifs is 2. The van der Waals surface area contributed by atoms with E-state index < -0.39 is 22.9 Å². The topological polar surface area (TPSA) is 0 Å². The van der Waals surface area contributed by atoms with E-state index in [9.17, 15) is 0 Å². The number of allylic oxidation sites excluding steroid dienone is 2. The summed E-state index contributed by atoms with van der Waals surface area (Å²) in [4.78, 5) is 0. The molecule has 0 aromatic heterocycles. The summed E-state index contributed by atoms with van der Waals surface area (Å²) in [6, 6.07) is 28.3. The zero-order valence-electron chi connectivity index (χ0n) is 23.5. The molecule has 39 heavy (non-hydrogen) atoms. The van der Waals surface area contributed by atoms with Crippen molar-refractivity contribution in [2.75, 3.05) is 0 Å². The molecule has 0 saturated carbocycles. The van der Waals surface area contributed by atoms with E-state index in [-0.39, 0.29) is 24.8 Å². The summed E-state index contributed by atoms with van der Waals surface area (Å²) in [5.41, 5.74) is 20.2. The van der Waals surface area contributed by atoms with Crippen molar-refractivity contribution in [2.45, 2.75) is 48.9 Å². The van der Waals surface area contributed by atoms with Gasteiger partial charge >= 0.3 is 235 Å². The largest absolute Gasteiger partial charge is 1.00 e. The van der Waals surface area contributed by atoms with Crippen LogP contribution in [-0.4, -0.2) is 0 Å². The molecule has 0 saturated heterocycles. The molecular weight excluding hydrogens is 682 g/mol. The summed E-state index contributed by atoms with van der Waals surface area (Å²) in [5.74, 6) is 0. The fourth-order valence-corrected chi connectivity index (χ4v) is 13.2. The standard InChI is InChI=1S/2C18H17.2ClH.Hf/c2*1-12-4-6-15(7-5-12)18-10-16-8-13(2)14(3)9-17(16)11-18;;;/h2*4-11H,1-3H3;2*1H;/q;;;;+2/p-2. The molecule has 0 nitrogen and oxygen atoms in total. The summed E-state index contributed by atoms with van der Waals surface area (Å²) >= 11 is -1.34. The second-order valence-corrected chi connectivity index (χ2v) is 16.4. The van der Waals surface area contributed by atoms with E-state index in [1.165, 1.54) is 55.6 Å². The summed E-state index contributed by atoms with van der Waals surface area (Å²) in [7, 11) is 0. The van der Waals surface area contributed by atoms with Gasteiger partial charge in [0.2, 0.25) is 0 Å². The smallest absolute Gasteiger partial charge is 1.00 e. The second-order valence-electron chi connectivity index (χ2n) is 11.1. The van der Waals surface area contributed by atoms with Crippen LogP contribution in [0.25, 0.3) is 23.3 Å². The first-order valence-electron chi connectivity index (χ1n) is 13.3. The SMILES string of the molecule is Cc1ccc(C2=Cc3cc(C)c(C)cc3[CH]2[Hf+2][CH]2C(c3ccc(C)cc3)=Cc3cc(C)c(C)cc32)cc1.[Cl-].[Cl-]. The molecule has 2 atom stereocenters. The molecule has 0 heterocycles. The van der Waals surface area contributed by atoms with E-state index in [4.69, 9.17) is 0 Å². The van der Waals surface area contributed by atoms with Gasteiger partial charge in [-0.1, -0.05) is 0 Å². The van der Waals surface area contributed by atoms with E-state index in [1.807, 2.05) is 0 Å². The maximum atomic E-state index is 2.51. The first-order valence-corrected chi connectivity index (χ1v) is 17.5. The molecule has 0 fully saturated rings. The van der Waals surface area contributed by atoms with E-state index >= 15 is 0 Å². The molecule has 0 N–H and O–H groups in total. The monoisotopic (exact) mass is 716 g/mol. The van der Waals surface area contributed by atoms with Crippen LogP contribution in [0, 0.1) is 41.5 Å². The van der Waals surface area contributed by atoms with Crippen molar-refractivity contribution in [3.63, 3.8) is 0 Å². The Morgan fingerprint density at radius 2 is 0.795 bits per heavy atom. The Kier molecular flexibility index (Phi) is 8.96. The zero-order chi connectivity index (χ0) is 25.8. The van der Waals surface area contributed by atoms with Crippen LogP contribution in [0.5, 0.6) is 0 Å². The number of hydrogen-bond donors (Lipinski definition) is 0. The number of aryl methyl sites for hydroxylation is 6. The van der Waals surface area contributed by atoms with Crippen LogP contribution in [-0.2, 0) is 22.9 Å². The Balaban J connectivity index is 0.00000176. The summed E-state index contributed by atoms with van der Waals surface area (Å²) in [6.07, 6.45) is 5.02. The molecule has 2 unspecified atom stereocenters. The van der Waals surface area contributed by atoms with Crippen molar-refractivity contribution in [1.29, 1.82) is 0 Å². The minimum absolute atomic E-state index is 0. The molecule has 4 aromatic carbocycles. The first-order chi connectivity index (χ1) is 17.8. The van der Waals surface area contributed by atoms with Gasteiger partial charge in [0.05, 0.1) is 0 Å². The van der Waals surface area contributed by atoms with E-state index in [1.54, 1.807) is 22.3 Å². The fraction of sp³-hybridized carbons (Fsp3) is 0.222. The van der Waals surface area contributed by atoms with Gasteiger partial charge in [0.15, 0.2) is 0 Å². The molecule has 2 aliphatic rings. The molecule has 6 rings (SSSR count). The minimum atomic E-state index is -1.34. The second kappa shape index (κ2) is 11.7. The molecule has 196 valence electrons. The number of halogens is 2. The number of benzene rings is 4. The van der Waals surface area contributed by atoms with Crippen LogP contribution in [0.15, 0.2) is 72.8 Å². The summed E-state index contributed by atoms with van der Waals surface area (Å²) in [6.45, 7) is 13.4. The minimum Gasteiger partial charge on any atom is -1.00 e. The van der Waals surface area contributed by atoms with Gasteiger partial charge in [-0.15, -0.1) is 0 Å². The summed E-state index contributed by atoms with van der Waals surface area (Å²) < 4.78 is 1.12. The normalized spacial score (nSPS) is 16.8. The van der Waals surface area contributed by atoms with Crippen molar-refractivity contribution in [1.82, 2.24) is 0 Å². The van der Waals surface area contributed by atoms with Crippen molar-refractivity contribution in [3.8, 4) is 0 Å². The van der Waals surface area contributed by atoms with Crippen molar-refractivity contribution < 1.29 is 47.7 Å². The molecule has 0 radical (unpaired) electrons. The van der Waals surface area contributed by atoms with Crippen LogP contribution < -0.4 is 24.8 Å². The van der Waals surface area contributed by atoms with Gasteiger partial charge in [-0.05, 0) is 0 Å². The molecule has 0 amide bonds. The number of rotatable bonds is 4. The van der Waals surface area contributed by atoms with Gasteiger partial charge in [0.25, 0.3) is 0 Å². The number of hydrogen-bond acceptors (Lipinski definition) is 0. The maximum Gasteiger partial charge on any atom is -1.00 e. The van der Waals surface area contributed by atoms with Crippen molar-refractivity contribution >= 4 is 23.3 Å². The molecule has 3 heteroatoms. The third-order valence-corrected chi connectivity index (χ3v) is 15.2. The first kappa shape index (κ1) is 29.8. The average Bonchev–Trinajstić information content (AvgIpc) is 3.39. The van der Waals surface area contributed by atoms with E-state index in [2.05, 4.69) is 126 Å². The predicted octanol–water partition coefficient (Wildman–Crippen LogP) is 3.52. The Hall–Kier alpha value is -2.19. The quantitative estimate of drug-likeness (QED) is 0.284. The fourth-order valence-electron chi connectivity index (χ4n) is 5.83. The van der Waals surface area contributed by atoms with Crippen LogP contribution >= 0.6 is 0 Å². The summed E-state index contributed by atoms with van der Waals surface area (Å²) in [5, 5.41) is 0. The Labute approximate surface area is 257 Å². The van der Waals surface area contributed by atoms with Gasteiger partial charge < -0.3 is 24.8 Å². The zero-order valence-corrected chi connectivity index (χ0v) is 28.6. The molecule has 4 aromatic rings. The Bertz CT molecular complexity index is 1470. The van der Waals surface area contributed by atoms with Gasteiger partial charge in [-0.2, -0.15) is 0 Å². The third-order valence-electron chi connectivity index (χ3n) is 8.37. The molecule has 2 aliphatic carbocycles. The van der Waals surface area contributed by atoms with Crippen molar-refractivity contribution in [2.24, 2.45) is 0 Å². The van der Waals surface area contributed by atoms with Crippen LogP contribution in [0.2, 0.25) is 0 Å². The average molecular weight is 716 g/mol. The third kappa shape index (κ3) is 5.56. The van der Waals surface area contributed by atoms with E-state index in [0.717, 1.165) is 0 Å². The van der Waals surface area contributed by atoms with Gasteiger partial charge in [-0.25, -0.2) is 0 Å². The van der Waals surface area contributed by atoms with Gasteiger partial charge in [0, 0.05) is 0 Å². The van der Waals surface area contributed by atoms with E-state index in [0.29, 0.717) is 7.35 Å². The molecule has 0 bridgehead atoms. The molecular formula is C36H34Cl2Hf.